The van der Waals surface area contributed by atoms with Crippen molar-refractivity contribution >= 4 is 5.91 Å². The highest BCUT2D eigenvalue weighted by Crippen LogP contribution is 2.40. The van der Waals surface area contributed by atoms with Crippen LogP contribution < -0.4 is 5.56 Å². The number of rotatable bonds is 3. The molecule has 1 aliphatic heterocycles. The van der Waals surface area contributed by atoms with E-state index in [-0.39, 0.29) is 23.3 Å². The first-order chi connectivity index (χ1) is 12.1. The van der Waals surface area contributed by atoms with E-state index in [0.717, 1.165) is 31.4 Å². The van der Waals surface area contributed by atoms with E-state index < -0.39 is 0 Å². The van der Waals surface area contributed by atoms with Gasteiger partial charge in [-0.2, -0.15) is 0 Å². The molecule has 1 amide bonds. The molecule has 25 heavy (non-hydrogen) atoms. The zero-order valence-corrected chi connectivity index (χ0v) is 14.3. The number of nitrogens with zero attached hydrogens (tertiary/aromatic N) is 3. The Hall–Kier alpha value is -2.50. The third-order valence-corrected chi connectivity index (χ3v) is 5.28. The number of pyridine rings is 1. The van der Waals surface area contributed by atoms with Crippen LogP contribution in [0.3, 0.4) is 0 Å². The van der Waals surface area contributed by atoms with Crippen molar-refractivity contribution in [1.29, 1.82) is 0 Å². The fraction of sp³-hybridized carbons (Fsp3) is 0.474. The normalized spacial score (nSPS) is 25.6. The number of carbonyl (C=O) groups excluding carboxylic acids is 1. The molecular weight excluding hydrogens is 316 g/mol. The Morgan fingerprint density at radius 1 is 1.32 bits per heavy atom. The lowest BCUT2D eigenvalue weighted by molar-refractivity contribution is -0.134. The van der Waals surface area contributed by atoms with Crippen LogP contribution in [0.5, 0.6) is 0 Å². The predicted octanol–water partition coefficient (Wildman–Crippen LogP) is 2.19. The van der Waals surface area contributed by atoms with Crippen LogP contribution >= 0.6 is 0 Å². The third kappa shape index (κ3) is 3.34. The maximum absolute atomic E-state index is 12.5. The lowest BCUT2D eigenvalue weighted by Crippen LogP contribution is -2.41. The molecule has 1 saturated carbocycles. The largest absolute Gasteiger partial charge is 0.342 e. The Morgan fingerprint density at radius 3 is 2.80 bits per heavy atom. The molecule has 1 N–H and O–H groups in total. The maximum Gasteiger partial charge on any atom is 0.251 e. The zero-order chi connectivity index (χ0) is 17.4. The second kappa shape index (κ2) is 6.43. The SMILES string of the molecule is CC1CC1C(=O)N1CCCC(c2nc(-c3ccncc3)cc(=O)[nH]2)C1. The standard InChI is InChI=1S/C19H22N4O2/c1-12-9-15(12)19(25)23-8-2-3-14(11-23)18-21-16(10-17(24)22-18)13-4-6-20-7-5-13/h4-7,10,12,14-15H,2-3,8-9,11H2,1H3,(H,21,22,24). The van der Waals surface area contributed by atoms with Crippen molar-refractivity contribution in [3.63, 3.8) is 0 Å². The van der Waals surface area contributed by atoms with Gasteiger partial charge in [0.05, 0.1) is 5.69 Å². The van der Waals surface area contributed by atoms with Crippen LogP contribution in [0.25, 0.3) is 11.3 Å². The molecule has 3 heterocycles. The Morgan fingerprint density at radius 2 is 2.08 bits per heavy atom. The molecule has 4 rings (SSSR count). The van der Waals surface area contributed by atoms with E-state index in [9.17, 15) is 9.59 Å². The molecule has 2 aliphatic rings. The van der Waals surface area contributed by atoms with E-state index in [2.05, 4.69) is 21.9 Å². The van der Waals surface area contributed by atoms with Gasteiger partial charge in [0.25, 0.3) is 5.56 Å². The predicted molar refractivity (Wildman–Crippen MR) is 93.9 cm³/mol. The second-order valence-electron chi connectivity index (χ2n) is 7.19. The molecule has 1 saturated heterocycles. The number of piperidine rings is 1. The van der Waals surface area contributed by atoms with Gasteiger partial charge in [-0.3, -0.25) is 14.6 Å². The van der Waals surface area contributed by atoms with Crippen LogP contribution in [0.1, 0.15) is 37.9 Å². The van der Waals surface area contributed by atoms with Crippen LogP contribution in [0.15, 0.2) is 35.4 Å². The van der Waals surface area contributed by atoms with Crippen molar-refractivity contribution in [3.8, 4) is 11.3 Å². The summed E-state index contributed by atoms with van der Waals surface area (Å²) in [7, 11) is 0. The van der Waals surface area contributed by atoms with Crippen molar-refractivity contribution in [2.24, 2.45) is 11.8 Å². The minimum Gasteiger partial charge on any atom is -0.342 e. The van der Waals surface area contributed by atoms with Gasteiger partial charge in [-0.05, 0) is 37.3 Å². The first-order valence-corrected chi connectivity index (χ1v) is 8.92. The molecule has 1 aliphatic carbocycles. The Kier molecular flexibility index (Phi) is 4.11. The average molecular weight is 338 g/mol. The van der Waals surface area contributed by atoms with Crippen LogP contribution in [-0.2, 0) is 4.79 Å². The van der Waals surface area contributed by atoms with E-state index in [4.69, 9.17) is 0 Å². The van der Waals surface area contributed by atoms with Crippen molar-refractivity contribution in [3.05, 3.63) is 46.8 Å². The molecule has 0 spiro atoms. The van der Waals surface area contributed by atoms with Gasteiger partial charge in [-0.15, -0.1) is 0 Å². The minimum absolute atomic E-state index is 0.0845. The van der Waals surface area contributed by atoms with Gasteiger partial charge >= 0.3 is 0 Å². The summed E-state index contributed by atoms with van der Waals surface area (Å²) in [5, 5.41) is 0. The number of amides is 1. The number of likely N-dealkylation sites (tertiary alicyclic amines) is 1. The second-order valence-corrected chi connectivity index (χ2v) is 7.19. The highest BCUT2D eigenvalue weighted by molar-refractivity contribution is 5.81. The van der Waals surface area contributed by atoms with E-state index in [1.165, 1.54) is 6.07 Å². The van der Waals surface area contributed by atoms with Crippen LogP contribution in [-0.4, -0.2) is 38.8 Å². The van der Waals surface area contributed by atoms with Gasteiger partial charge in [-0.25, -0.2) is 4.98 Å². The van der Waals surface area contributed by atoms with Crippen molar-refractivity contribution in [1.82, 2.24) is 19.9 Å². The topological polar surface area (TPSA) is 79.0 Å². The summed E-state index contributed by atoms with van der Waals surface area (Å²) in [6.45, 7) is 3.58. The number of aromatic nitrogens is 3. The molecule has 0 bridgehead atoms. The van der Waals surface area contributed by atoms with Crippen molar-refractivity contribution in [2.45, 2.75) is 32.1 Å². The fourth-order valence-corrected chi connectivity index (χ4v) is 3.64. The molecule has 2 aromatic rings. The van der Waals surface area contributed by atoms with Gasteiger partial charge in [-0.1, -0.05) is 6.92 Å². The van der Waals surface area contributed by atoms with Crippen molar-refractivity contribution in [2.75, 3.05) is 13.1 Å². The summed E-state index contributed by atoms with van der Waals surface area (Å²) in [5.41, 5.74) is 1.37. The Labute approximate surface area is 146 Å². The van der Waals surface area contributed by atoms with Gasteiger partial charge in [0.2, 0.25) is 5.91 Å². The first-order valence-electron chi connectivity index (χ1n) is 8.92. The number of hydrogen-bond acceptors (Lipinski definition) is 4. The molecule has 6 heteroatoms. The Bertz CT molecular complexity index is 833. The van der Waals surface area contributed by atoms with Crippen LogP contribution in [0.4, 0.5) is 0 Å². The van der Waals surface area contributed by atoms with Crippen molar-refractivity contribution < 1.29 is 4.79 Å². The fourth-order valence-electron chi connectivity index (χ4n) is 3.64. The first kappa shape index (κ1) is 16.0. The van der Waals surface area contributed by atoms with E-state index in [1.807, 2.05) is 17.0 Å². The van der Waals surface area contributed by atoms with Gasteiger partial charge in [0, 0.05) is 48.9 Å². The van der Waals surface area contributed by atoms with Gasteiger partial charge in [0.15, 0.2) is 0 Å². The highest BCUT2D eigenvalue weighted by Gasteiger charge is 2.42. The van der Waals surface area contributed by atoms with Crippen LogP contribution in [0.2, 0.25) is 0 Å². The number of carbonyl (C=O) groups is 1. The summed E-state index contributed by atoms with van der Waals surface area (Å²) in [5.74, 6) is 1.75. The van der Waals surface area contributed by atoms with E-state index >= 15 is 0 Å². The molecule has 2 fully saturated rings. The molecule has 0 radical (unpaired) electrons. The molecular formula is C19H22N4O2. The molecule has 130 valence electrons. The summed E-state index contributed by atoms with van der Waals surface area (Å²) in [6, 6.07) is 5.20. The van der Waals surface area contributed by atoms with E-state index in [0.29, 0.717) is 24.0 Å². The molecule has 3 unspecified atom stereocenters. The van der Waals surface area contributed by atoms with Crippen LogP contribution in [0, 0.1) is 11.8 Å². The lowest BCUT2D eigenvalue weighted by Gasteiger charge is -2.32. The smallest absolute Gasteiger partial charge is 0.251 e. The van der Waals surface area contributed by atoms with E-state index in [1.54, 1.807) is 12.4 Å². The lowest BCUT2D eigenvalue weighted by atomic mass is 9.96. The minimum atomic E-state index is -0.156. The highest BCUT2D eigenvalue weighted by atomic mass is 16.2. The quantitative estimate of drug-likeness (QED) is 0.930. The molecule has 6 nitrogen and oxygen atoms in total. The van der Waals surface area contributed by atoms with Gasteiger partial charge in [0.1, 0.15) is 5.82 Å². The number of hydrogen-bond donors (Lipinski definition) is 1. The molecule has 3 atom stereocenters. The summed E-state index contributed by atoms with van der Waals surface area (Å²) >= 11 is 0. The monoisotopic (exact) mass is 338 g/mol. The summed E-state index contributed by atoms with van der Waals surface area (Å²) in [6.07, 6.45) is 6.27. The number of aromatic amines is 1. The number of nitrogens with one attached hydrogen (secondary N) is 1. The average Bonchev–Trinajstić information content (AvgIpc) is 3.38. The number of H-pyrrole nitrogens is 1. The maximum atomic E-state index is 12.5. The Balaban J connectivity index is 1.58. The molecule has 0 aromatic carbocycles. The summed E-state index contributed by atoms with van der Waals surface area (Å²) < 4.78 is 0. The molecule has 2 aromatic heterocycles. The van der Waals surface area contributed by atoms with Gasteiger partial charge < -0.3 is 9.88 Å². The zero-order valence-electron chi connectivity index (χ0n) is 14.3. The third-order valence-electron chi connectivity index (χ3n) is 5.28. The summed E-state index contributed by atoms with van der Waals surface area (Å²) in [4.78, 5) is 38.2.